The standard InChI is InChI=1S/2C36H44ClN3O5S/c2*1-23-7-5-16-36(42,34(3,4)20-38)30-12-9-27(30)19-40-21-35(15-6-8-25-17-28(37)11-13-29(25)35)22-45-32-14-10-26(18-31(32)40)33(41)39-46(43,44)24(23)2/h2*5,10-11,13-14,16-18,23-24,27,30,42H,6-9,12,15,19,21-22H2,1-4H3,(H,39,41)/b2*16-5+/t23-,24+,27-,30+,35-,36+;23-,24+,27-,30+,35-,36-/m00/s1. The van der Waals surface area contributed by atoms with Crippen molar-refractivity contribution < 1.29 is 46.1 Å². The highest BCUT2D eigenvalue weighted by Gasteiger charge is 2.57. The van der Waals surface area contributed by atoms with Crippen molar-refractivity contribution in [3.05, 3.63) is 141 Å². The summed E-state index contributed by atoms with van der Waals surface area (Å²) in [6.07, 6.45) is 16.8. The summed E-state index contributed by atoms with van der Waals surface area (Å²) in [6.45, 7) is 17.2. The fraction of sp³-hybridized carbons (Fsp3) is 0.556. The average Bonchev–Trinajstić information content (AvgIpc) is 1.20. The first-order valence-corrected chi connectivity index (χ1v) is 36.6. The molecular weight excluding hydrogens is 1240 g/mol. The molecule has 492 valence electrons. The number of nitrogens with zero attached hydrogens (tertiary/aromatic N) is 4. The van der Waals surface area contributed by atoms with Crippen LogP contribution in [-0.4, -0.2) is 100.0 Å². The Balaban J connectivity index is 0.000000188. The number of fused-ring (bicyclic) bond motifs is 8. The summed E-state index contributed by atoms with van der Waals surface area (Å²) in [4.78, 5) is 31.5. The van der Waals surface area contributed by atoms with Gasteiger partial charge in [0.05, 0.1) is 58.1 Å². The number of amides is 2. The summed E-state index contributed by atoms with van der Waals surface area (Å²) in [5.41, 5.74) is 1.11. The van der Waals surface area contributed by atoms with Crippen LogP contribution in [0.2, 0.25) is 10.0 Å². The number of halogens is 2. The molecule has 8 aliphatic rings. The van der Waals surface area contributed by atoms with E-state index in [4.69, 9.17) is 32.7 Å². The number of sulfonamides is 2. The molecule has 4 N–H and O–H groups in total. The molecule has 0 unspecified atom stereocenters. The number of benzene rings is 4. The Hall–Kier alpha value is -6.12. The minimum Gasteiger partial charge on any atom is -0.490 e. The van der Waals surface area contributed by atoms with E-state index in [0.29, 0.717) is 73.8 Å². The Morgan fingerprint density at radius 2 is 0.978 bits per heavy atom. The lowest BCUT2D eigenvalue weighted by Crippen LogP contribution is -2.57. The lowest BCUT2D eigenvalue weighted by Gasteiger charge is -2.52. The molecule has 12 atom stereocenters. The minimum absolute atomic E-state index is 0.0701. The van der Waals surface area contributed by atoms with Gasteiger partial charge in [0.25, 0.3) is 11.8 Å². The van der Waals surface area contributed by atoms with Crippen LogP contribution in [0.3, 0.4) is 0 Å². The maximum absolute atomic E-state index is 13.5. The van der Waals surface area contributed by atoms with E-state index in [1.54, 1.807) is 90.1 Å². The number of aliphatic hydroxyl groups is 2. The van der Waals surface area contributed by atoms with Gasteiger partial charge in [-0.2, -0.15) is 10.5 Å². The van der Waals surface area contributed by atoms with Gasteiger partial charge in [0.15, 0.2) is 0 Å². The van der Waals surface area contributed by atoms with Gasteiger partial charge in [-0.25, -0.2) is 26.3 Å². The van der Waals surface area contributed by atoms with Crippen LogP contribution in [0.15, 0.2) is 97.1 Å². The number of nitriles is 2. The molecule has 4 heterocycles. The summed E-state index contributed by atoms with van der Waals surface area (Å²) in [7, 11) is -8.02. The predicted octanol–water partition coefficient (Wildman–Crippen LogP) is 12.3. The zero-order chi connectivity index (χ0) is 66.1. The SMILES string of the molecule is C[C@@H]1[C@@H](C)C/C=C/[C@@](O)(C(C)(C)C#N)[C@@H]2CC[C@H]2CN2C[C@@]3(CCCc4cc(Cl)ccc43)COc3ccc(cc32)C(=O)NS1(=O)=O.C[C@@H]1[C@@H](C)C/C=C/[C@](O)(C(C)(C)C#N)[C@@H]2CC[C@H]2CN2C[C@@]3(CCCc4cc(Cl)ccc43)COc3ccc(cc32)C(=O)NS1(=O)=O. The van der Waals surface area contributed by atoms with Gasteiger partial charge in [-0.05, 0) is 237 Å². The summed E-state index contributed by atoms with van der Waals surface area (Å²) in [5.74, 6) is -1.01. The molecule has 4 aromatic carbocycles. The maximum atomic E-state index is 13.5. The number of anilines is 2. The molecule has 12 rings (SSSR count). The van der Waals surface area contributed by atoms with Gasteiger partial charge in [-0.15, -0.1) is 0 Å². The molecule has 16 nitrogen and oxygen atoms in total. The van der Waals surface area contributed by atoms with E-state index >= 15 is 0 Å². The van der Waals surface area contributed by atoms with Gasteiger partial charge in [0, 0.05) is 58.2 Å². The Kier molecular flexibility index (Phi) is 18.5. The highest BCUT2D eigenvalue weighted by molar-refractivity contribution is 7.91. The lowest BCUT2D eigenvalue weighted by atomic mass is 9.56. The Bertz CT molecular complexity index is 3690. The highest BCUT2D eigenvalue weighted by Crippen LogP contribution is 2.55. The van der Waals surface area contributed by atoms with Gasteiger partial charge >= 0.3 is 0 Å². The molecule has 2 fully saturated rings. The normalized spacial score (nSPS) is 33.2. The maximum Gasteiger partial charge on any atom is 0.264 e. The molecular formula is C72H88Cl2N6O10S2. The third-order valence-corrected chi connectivity index (χ3v) is 27.1. The van der Waals surface area contributed by atoms with E-state index in [1.807, 2.05) is 50.3 Å². The van der Waals surface area contributed by atoms with Crippen molar-refractivity contribution in [2.45, 2.75) is 165 Å². The second kappa shape index (κ2) is 25.2. The van der Waals surface area contributed by atoms with Crippen LogP contribution in [0.1, 0.15) is 163 Å². The molecule has 0 aromatic heterocycles. The highest BCUT2D eigenvalue weighted by atomic mass is 35.5. The molecule has 2 spiro atoms. The van der Waals surface area contributed by atoms with Crippen molar-refractivity contribution in [3.8, 4) is 23.6 Å². The molecule has 4 aliphatic heterocycles. The summed E-state index contributed by atoms with van der Waals surface area (Å²) >= 11 is 12.8. The molecule has 92 heavy (non-hydrogen) atoms. The number of nitrogens with one attached hydrogen (secondary N) is 2. The van der Waals surface area contributed by atoms with Crippen molar-refractivity contribution in [2.75, 3.05) is 49.2 Å². The predicted molar refractivity (Wildman–Crippen MR) is 359 cm³/mol. The molecule has 20 heteroatoms. The zero-order valence-electron chi connectivity index (χ0n) is 54.1. The first-order chi connectivity index (χ1) is 43.4. The van der Waals surface area contributed by atoms with E-state index in [9.17, 15) is 47.2 Å². The van der Waals surface area contributed by atoms with E-state index in [-0.39, 0.29) is 57.5 Å². The smallest absolute Gasteiger partial charge is 0.264 e. The first kappa shape index (κ1) is 67.3. The number of aryl methyl sites for hydroxylation is 2. The van der Waals surface area contributed by atoms with Crippen molar-refractivity contribution in [3.63, 3.8) is 0 Å². The second-order valence-electron chi connectivity index (χ2n) is 29.2. The summed E-state index contributed by atoms with van der Waals surface area (Å²) in [6, 6.07) is 27.2. The molecule has 4 aliphatic carbocycles. The first-order valence-electron chi connectivity index (χ1n) is 32.8. The van der Waals surface area contributed by atoms with E-state index < -0.39 is 64.4 Å². The van der Waals surface area contributed by atoms with Crippen molar-refractivity contribution in [2.24, 2.45) is 46.3 Å². The topological polar surface area (TPSA) is 239 Å². The molecule has 2 amide bonds. The van der Waals surface area contributed by atoms with Crippen molar-refractivity contribution in [1.82, 2.24) is 9.44 Å². The van der Waals surface area contributed by atoms with Crippen LogP contribution >= 0.6 is 23.2 Å². The van der Waals surface area contributed by atoms with Gasteiger partial charge in [-0.3, -0.25) is 9.59 Å². The molecule has 0 radical (unpaired) electrons. The monoisotopic (exact) mass is 1330 g/mol. The number of ether oxygens (including phenoxy) is 2. The molecule has 4 aromatic rings. The number of carbonyl (C=O) groups excluding carboxylic acids is 2. The molecule has 4 bridgehead atoms. The number of rotatable bonds is 2. The third-order valence-electron chi connectivity index (χ3n) is 22.8. The van der Waals surface area contributed by atoms with E-state index in [2.05, 4.69) is 43.5 Å². The largest absolute Gasteiger partial charge is 0.490 e. The van der Waals surface area contributed by atoms with Crippen LogP contribution in [0.4, 0.5) is 11.4 Å². The quantitative estimate of drug-likeness (QED) is 0.137. The van der Waals surface area contributed by atoms with Gasteiger partial charge < -0.3 is 29.5 Å². The number of hydrogen-bond donors (Lipinski definition) is 4. The number of hydrogen-bond acceptors (Lipinski definition) is 14. The van der Waals surface area contributed by atoms with Crippen LogP contribution in [0.25, 0.3) is 0 Å². The Morgan fingerprint density at radius 3 is 1.34 bits per heavy atom. The average molecular weight is 1330 g/mol. The van der Waals surface area contributed by atoms with Crippen LogP contribution in [-0.2, 0) is 43.7 Å². The Labute approximate surface area is 553 Å². The van der Waals surface area contributed by atoms with Crippen LogP contribution < -0.4 is 28.7 Å². The van der Waals surface area contributed by atoms with Crippen LogP contribution in [0.5, 0.6) is 11.5 Å². The molecule has 2 saturated carbocycles. The molecule has 0 saturated heterocycles. The van der Waals surface area contributed by atoms with Crippen molar-refractivity contribution >= 4 is 66.4 Å². The van der Waals surface area contributed by atoms with Gasteiger partial charge in [0.1, 0.15) is 22.7 Å². The van der Waals surface area contributed by atoms with Gasteiger partial charge in [0.2, 0.25) is 20.0 Å². The fourth-order valence-corrected chi connectivity index (χ4v) is 19.0. The van der Waals surface area contributed by atoms with Gasteiger partial charge in [-0.1, -0.05) is 73.5 Å². The minimum atomic E-state index is -4.01. The fourth-order valence-electron chi connectivity index (χ4n) is 16.1. The van der Waals surface area contributed by atoms with Crippen LogP contribution in [0, 0.1) is 69.0 Å². The second-order valence-corrected chi connectivity index (χ2v) is 34.1. The summed E-state index contributed by atoms with van der Waals surface area (Å²) < 4.78 is 71.2. The number of carbonyl (C=O) groups is 2. The van der Waals surface area contributed by atoms with Crippen molar-refractivity contribution in [1.29, 1.82) is 10.5 Å². The zero-order valence-corrected chi connectivity index (χ0v) is 57.3. The Morgan fingerprint density at radius 1 is 0.587 bits per heavy atom. The van der Waals surface area contributed by atoms with E-state index in [0.717, 1.165) is 75.6 Å². The lowest BCUT2D eigenvalue weighted by molar-refractivity contribution is -0.0996. The van der Waals surface area contributed by atoms with E-state index in [1.165, 1.54) is 22.3 Å². The number of allylic oxidation sites excluding steroid dienone is 2. The summed E-state index contributed by atoms with van der Waals surface area (Å²) in [5, 5.41) is 44.8. The third kappa shape index (κ3) is 12.4.